The van der Waals surface area contributed by atoms with Gasteiger partial charge < -0.3 is 11.1 Å². The van der Waals surface area contributed by atoms with Crippen LogP contribution < -0.4 is 11.1 Å². The molecule has 1 saturated carbocycles. The van der Waals surface area contributed by atoms with Crippen LogP contribution in [0, 0.1) is 5.92 Å². The Balaban J connectivity index is 1.65. The molecule has 0 aromatic heterocycles. The lowest BCUT2D eigenvalue weighted by molar-refractivity contribution is 0.488. The molecule has 1 aliphatic carbocycles. The van der Waals surface area contributed by atoms with Crippen molar-refractivity contribution >= 4 is 11.6 Å². The summed E-state index contributed by atoms with van der Waals surface area (Å²) < 4.78 is 0. The third-order valence-electron chi connectivity index (χ3n) is 3.57. The molecule has 1 aromatic rings. The maximum Gasteiger partial charge on any atom is 0.193 e. The highest BCUT2D eigenvalue weighted by Gasteiger charge is 2.13. The summed E-state index contributed by atoms with van der Waals surface area (Å²) in [4.78, 5) is 4.36. The number of nitrogens with zero attached hydrogens (tertiary/aromatic N) is 1. The maximum atomic E-state index is 5.84. The minimum Gasteiger partial charge on any atom is -0.370 e. The third-order valence-corrected chi connectivity index (χ3v) is 3.57. The van der Waals surface area contributed by atoms with Crippen LogP contribution in [0.3, 0.4) is 0 Å². The van der Waals surface area contributed by atoms with E-state index in [1.165, 1.54) is 32.1 Å². The van der Waals surface area contributed by atoms with E-state index in [0.717, 1.165) is 24.6 Å². The Kier molecular flexibility index (Phi) is 5.06. The zero-order valence-electron chi connectivity index (χ0n) is 10.9. The smallest absolute Gasteiger partial charge is 0.193 e. The number of para-hydroxylation sites is 1. The van der Waals surface area contributed by atoms with Crippen LogP contribution in [0.25, 0.3) is 0 Å². The molecule has 3 nitrogen and oxygen atoms in total. The summed E-state index contributed by atoms with van der Waals surface area (Å²) >= 11 is 0. The zero-order chi connectivity index (χ0) is 12.6. The largest absolute Gasteiger partial charge is 0.370 e. The van der Waals surface area contributed by atoms with Gasteiger partial charge in [0.1, 0.15) is 0 Å². The van der Waals surface area contributed by atoms with Gasteiger partial charge in [-0.05, 0) is 30.9 Å². The van der Waals surface area contributed by atoms with E-state index in [-0.39, 0.29) is 0 Å². The van der Waals surface area contributed by atoms with Crippen LogP contribution in [0.5, 0.6) is 0 Å². The van der Waals surface area contributed by atoms with E-state index in [1.807, 2.05) is 30.3 Å². The number of benzene rings is 1. The van der Waals surface area contributed by atoms with Gasteiger partial charge >= 0.3 is 0 Å². The highest BCUT2D eigenvalue weighted by molar-refractivity contribution is 5.92. The van der Waals surface area contributed by atoms with Crippen LogP contribution in [-0.2, 0) is 0 Å². The monoisotopic (exact) mass is 245 g/mol. The predicted molar refractivity (Wildman–Crippen MR) is 77.7 cm³/mol. The van der Waals surface area contributed by atoms with Crippen LogP contribution in [0.1, 0.15) is 38.5 Å². The van der Waals surface area contributed by atoms with E-state index in [0.29, 0.717) is 5.96 Å². The number of hydrogen-bond donors (Lipinski definition) is 2. The van der Waals surface area contributed by atoms with Gasteiger partial charge in [0, 0.05) is 12.2 Å². The van der Waals surface area contributed by atoms with Crippen molar-refractivity contribution in [3.8, 4) is 0 Å². The average Bonchev–Trinajstić information content (AvgIpc) is 2.89. The predicted octanol–water partition coefficient (Wildman–Crippen LogP) is 3.38. The number of nitrogens with two attached hydrogens (primary N) is 1. The zero-order valence-corrected chi connectivity index (χ0v) is 10.9. The van der Waals surface area contributed by atoms with Gasteiger partial charge in [-0.15, -0.1) is 0 Å². The van der Waals surface area contributed by atoms with E-state index in [9.17, 15) is 0 Å². The summed E-state index contributed by atoms with van der Waals surface area (Å²) in [5, 5.41) is 3.10. The Labute approximate surface area is 109 Å². The van der Waals surface area contributed by atoms with Gasteiger partial charge in [-0.2, -0.15) is 0 Å². The highest BCUT2D eigenvalue weighted by atomic mass is 15.1. The van der Waals surface area contributed by atoms with Crippen molar-refractivity contribution in [1.82, 2.24) is 0 Å². The third kappa shape index (κ3) is 4.40. The van der Waals surface area contributed by atoms with Crippen molar-refractivity contribution < 1.29 is 0 Å². The Morgan fingerprint density at radius 2 is 1.94 bits per heavy atom. The summed E-state index contributed by atoms with van der Waals surface area (Å²) in [6.45, 7) is 0.835. The fourth-order valence-electron chi connectivity index (χ4n) is 2.59. The minimum absolute atomic E-state index is 0.521. The fourth-order valence-corrected chi connectivity index (χ4v) is 2.59. The number of rotatable bonds is 5. The van der Waals surface area contributed by atoms with Crippen molar-refractivity contribution in [3.63, 3.8) is 0 Å². The Bertz CT molecular complexity index is 367. The van der Waals surface area contributed by atoms with Crippen molar-refractivity contribution in [3.05, 3.63) is 30.3 Å². The number of nitrogens with one attached hydrogen (secondary N) is 1. The van der Waals surface area contributed by atoms with Gasteiger partial charge in [0.15, 0.2) is 5.96 Å². The molecule has 98 valence electrons. The van der Waals surface area contributed by atoms with Crippen LogP contribution >= 0.6 is 0 Å². The molecule has 0 radical (unpaired) electrons. The van der Waals surface area contributed by atoms with Crippen molar-refractivity contribution in [2.45, 2.75) is 38.5 Å². The standard InChI is InChI=1S/C15H23N3/c16-15(18-14-10-2-1-3-11-14)17-12-6-9-13-7-4-5-8-13/h1-3,10-11,13H,4-9,12H2,(H3,16,17,18). The van der Waals surface area contributed by atoms with Gasteiger partial charge in [0.25, 0.3) is 0 Å². The van der Waals surface area contributed by atoms with E-state index in [4.69, 9.17) is 5.73 Å². The van der Waals surface area contributed by atoms with E-state index >= 15 is 0 Å². The van der Waals surface area contributed by atoms with Crippen molar-refractivity contribution in [2.24, 2.45) is 16.6 Å². The second kappa shape index (κ2) is 7.04. The van der Waals surface area contributed by atoms with Gasteiger partial charge in [0.05, 0.1) is 0 Å². The molecule has 0 amide bonds. The summed E-state index contributed by atoms with van der Waals surface area (Å²) in [6, 6.07) is 9.92. The lowest BCUT2D eigenvalue weighted by Gasteiger charge is -2.07. The summed E-state index contributed by atoms with van der Waals surface area (Å²) in [7, 11) is 0. The SMILES string of the molecule is NC(=NCCCC1CCCC1)Nc1ccccc1. The van der Waals surface area contributed by atoms with Crippen LogP contribution in [0.15, 0.2) is 35.3 Å². The molecule has 1 aromatic carbocycles. The lowest BCUT2D eigenvalue weighted by atomic mass is 10.0. The number of guanidine groups is 1. The molecule has 0 heterocycles. The van der Waals surface area contributed by atoms with Crippen LogP contribution in [0.4, 0.5) is 5.69 Å². The van der Waals surface area contributed by atoms with E-state index in [1.54, 1.807) is 0 Å². The maximum absolute atomic E-state index is 5.84. The average molecular weight is 245 g/mol. The van der Waals surface area contributed by atoms with Crippen LogP contribution in [-0.4, -0.2) is 12.5 Å². The Hall–Kier alpha value is -1.51. The fraction of sp³-hybridized carbons (Fsp3) is 0.533. The Morgan fingerprint density at radius 3 is 2.67 bits per heavy atom. The van der Waals surface area contributed by atoms with Crippen molar-refractivity contribution in [2.75, 3.05) is 11.9 Å². The van der Waals surface area contributed by atoms with Gasteiger partial charge in [-0.1, -0.05) is 43.9 Å². The van der Waals surface area contributed by atoms with Gasteiger partial charge in [-0.25, -0.2) is 0 Å². The lowest BCUT2D eigenvalue weighted by Crippen LogP contribution is -2.22. The number of anilines is 1. The first kappa shape index (κ1) is 12.9. The first-order chi connectivity index (χ1) is 8.84. The molecule has 18 heavy (non-hydrogen) atoms. The van der Waals surface area contributed by atoms with Gasteiger partial charge in [-0.3, -0.25) is 4.99 Å². The molecule has 2 rings (SSSR count). The number of aliphatic imine (C=N–C) groups is 1. The van der Waals surface area contributed by atoms with Gasteiger partial charge in [0.2, 0.25) is 0 Å². The second-order valence-electron chi connectivity index (χ2n) is 5.05. The molecule has 3 N–H and O–H groups in total. The Morgan fingerprint density at radius 1 is 1.22 bits per heavy atom. The molecule has 3 heteroatoms. The highest BCUT2D eigenvalue weighted by Crippen LogP contribution is 2.28. The first-order valence-electron chi connectivity index (χ1n) is 6.96. The molecule has 0 unspecified atom stereocenters. The molecule has 1 aliphatic rings. The topological polar surface area (TPSA) is 50.4 Å². The van der Waals surface area contributed by atoms with Crippen LogP contribution in [0.2, 0.25) is 0 Å². The first-order valence-corrected chi connectivity index (χ1v) is 6.96. The quantitative estimate of drug-likeness (QED) is 0.474. The molecule has 1 fully saturated rings. The normalized spacial score (nSPS) is 17.0. The molecular formula is C15H23N3. The second-order valence-corrected chi connectivity index (χ2v) is 5.05. The summed E-state index contributed by atoms with van der Waals surface area (Å²) in [5.74, 6) is 1.47. The summed E-state index contributed by atoms with van der Waals surface area (Å²) in [6.07, 6.45) is 8.14. The molecule has 0 spiro atoms. The van der Waals surface area contributed by atoms with E-state index in [2.05, 4.69) is 10.3 Å². The minimum atomic E-state index is 0.521. The van der Waals surface area contributed by atoms with E-state index < -0.39 is 0 Å². The molecule has 0 saturated heterocycles. The molecule has 0 atom stereocenters. The molecular weight excluding hydrogens is 222 g/mol. The molecule has 0 aliphatic heterocycles. The summed E-state index contributed by atoms with van der Waals surface area (Å²) in [5.41, 5.74) is 6.83. The molecule has 0 bridgehead atoms. The number of hydrogen-bond acceptors (Lipinski definition) is 1. The van der Waals surface area contributed by atoms with Crippen molar-refractivity contribution in [1.29, 1.82) is 0 Å².